The van der Waals surface area contributed by atoms with E-state index >= 15 is 0 Å². The van der Waals surface area contributed by atoms with E-state index in [1.807, 2.05) is 62.4 Å². The van der Waals surface area contributed by atoms with E-state index in [0.29, 0.717) is 32.1 Å². The molecule has 1 aliphatic rings. The predicted molar refractivity (Wildman–Crippen MR) is 183 cm³/mol. The Labute approximate surface area is 272 Å². The molecule has 0 saturated heterocycles. The number of benzene rings is 4. The first-order valence-corrected chi connectivity index (χ1v) is 16.5. The smallest absolute Gasteiger partial charge is 0.407 e. The topological polar surface area (TPSA) is 77.1 Å². The molecule has 1 aliphatic carbocycles. The van der Waals surface area contributed by atoms with Crippen molar-refractivity contribution in [3.8, 4) is 11.1 Å². The first kappa shape index (κ1) is 33.2. The molecule has 0 saturated carbocycles. The lowest BCUT2D eigenvalue weighted by Crippen LogP contribution is -2.52. The minimum absolute atomic E-state index is 0.0777. The summed E-state index contributed by atoms with van der Waals surface area (Å²) in [5.74, 6) is 0.122. The average molecular weight is 623 g/mol. The van der Waals surface area contributed by atoms with Crippen molar-refractivity contribution in [3.05, 3.63) is 108 Å². The number of rotatable bonds is 15. The molecule has 2 amide bonds. The number of fused-ring (bicyclic) bond motifs is 4. The molecule has 1 N–H and O–H groups in total. The zero-order valence-electron chi connectivity index (χ0n) is 27.4. The number of amides is 2. The fourth-order valence-corrected chi connectivity index (χ4v) is 6.30. The molecule has 1 atom stereocenters. The van der Waals surface area contributed by atoms with Crippen LogP contribution in [-0.2, 0) is 25.4 Å². The highest BCUT2D eigenvalue weighted by atomic mass is 16.7. The van der Waals surface area contributed by atoms with Crippen LogP contribution in [-0.4, -0.2) is 62.1 Å². The largest absolute Gasteiger partial charge is 0.449 e. The first-order chi connectivity index (χ1) is 22.4. The number of carbonyl (C=O) groups is 2. The van der Waals surface area contributed by atoms with Crippen LogP contribution >= 0.6 is 0 Å². The zero-order valence-corrected chi connectivity index (χ0v) is 27.4. The molecule has 0 heterocycles. The number of hydrogen-bond acceptors (Lipinski definition) is 5. The third kappa shape index (κ3) is 7.95. The second-order valence-corrected chi connectivity index (χ2v) is 12.2. The molecule has 0 unspecified atom stereocenters. The number of alkyl carbamates (subject to hydrolysis) is 1. The van der Waals surface area contributed by atoms with Gasteiger partial charge in [-0.3, -0.25) is 4.79 Å². The van der Waals surface area contributed by atoms with Crippen LogP contribution in [0.4, 0.5) is 4.79 Å². The molecule has 4 aromatic carbocycles. The van der Waals surface area contributed by atoms with Gasteiger partial charge >= 0.3 is 6.09 Å². The second kappa shape index (κ2) is 15.9. The summed E-state index contributed by atoms with van der Waals surface area (Å²) >= 11 is 0. The molecule has 242 valence electrons. The van der Waals surface area contributed by atoms with Gasteiger partial charge in [0.05, 0.1) is 6.54 Å². The molecule has 5 rings (SSSR count). The number of ether oxygens (including phenoxy) is 3. The lowest BCUT2D eigenvalue weighted by atomic mass is 9.97. The molecule has 4 aromatic rings. The number of carbonyl (C=O) groups excluding carboxylic acids is 2. The Morgan fingerprint density at radius 3 is 2.07 bits per heavy atom. The highest BCUT2D eigenvalue weighted by molar-refractivity contribution is 5.89. The summed E-state index contributed by atoms with van der Waals surface area (Å²) in [6.07, 6.45) is -0.0479. The van der Waals surface area contributed by atoms with Crippen molar-refractivity contribution < 1.29 is 23.8 Å². The molecule has 0 radical (unpaired) electrons. The van der Waals surface area contributed by atoms with Crippen molar-refractivity contribution in [1.29, 1.82) is 0 Å². The Hall–Kier alpha value is -4.20. The summed E-state index contributed by atoms with van der Waals surface area (Å²) in [6.45, 7) is 9.98. The van der Waals surface area contributed by atoms with Crippen molar-refractivity contribution in [3.63, 3.8) is 0 Å². The van der Waals surface area contributed by atoms with E-state index in [9.17, 15) is 9.59 Å². The maximum atomic E-state index is 14.4. The molecule has 0 fully saturated rings. The van der Waals surface area contributed by atoms with Gasteiger partial charge in [0.25, 0.3) is 0 Å². The van der Waals surface area contributed by atoms with Gasteiger partial charge in [0.15, 0.2) is 6.29 Å². The summed E-state index contributed by atoms with van der Waals surface area (Å²) < 4.78 is 17.6. The second-order valence-electron chi connectivity index (χ2n) is 12.2. The molecule has 0 aliphatic heterocycles. The summed E-state index contributed by atoms with van der Waals surface area (Å²) in [4.78, 5) is 29.7. The first-order valence-electron chi connectivity index (χ1n) is 16.5. The van der Waals surface area contributed by atoms with Gasteiger partial charge < -0.3 is 24.4 Å². The highest BCUT2D eigenvalue weighted by Gasteiger charge is 2.32. The molecule has 0 spiro atoms. The van der Waals surface area contributed by atoms with Crippen LogP contribution in [0.5, 0.6) is 0 Å². The molecule has 46 heavy (non-hydrogen) atoms. The van der Waals surface area contributed by atoms with E-state index < -0.39 is 18.4 Å². The van der Waals surface area contributed by atoms with E-state index in [2.05, 4.69) is 61.6 Å². The summed E-state index contributed by atoms with van der Waals surface area (Å²) in [5.41, 5.74) is 5.57. The molecule has 7 heteroatoms. The van der Waals surface area contributed by atoms with Gasteiger partial charge in [-0.1, -0.05) is 105 Å². The third-order valence-corrected chi connectivity index (χ3v) is 8.60. The minimum atomic E-state index is -0.850. The Morgan fingerprint density at radius 2 is 1.41 bits per heavy atom. The number of nitrogens with one attached hydrogen (secondary N) is 1. The van der Waals surface area contributed by atoms with Crippen LogP contribution in [0.2, 0.25) is 0 Å². The van der Waals surface area contributed by atoms with Gasteiger partial charge in [-0.05, 0) is 64.8 Å². The van der Waals surface area contributed by atoms with Gasteiger partial charge in [0.2, 0.25) is 5.91 Å². The fraction of sp³-hybridized carbons (Fsp3) is 0.385. The van der Waals surface area contributed by atoms with Crippen LogP contribution in [0.1, 0.15) is 56.7 Å². The quantitative estimate of drug-likeness (QED) is 0.139. The average Bonchev–Trinajstić information content (AvgIpc) is 3.38. The van der Waals surface area contributed by atoms with Crippen LogP contribution in [0.3, 0.4) is 0 Å². The zero-order chi connectivity index (χ0) is 32.5. The van der Waals surface area contributed by atoms with Gasteiger partial charge in [-0.25, -0.2) is 4.79 Å². The summed E-state index contributed by atoms with van der Waals surface area (Å²) in [6, 6.07) is 29.8. The Morgan fingerprint density at radius 1 is 0.804 bits per heavy atom. The predicted octanol–water partition coefficient (Wildman–Crippen LogP) is 7.56. The van der Waals surface area contributed by atoms with Crippen molar-refractivity contribution in [2.24, 2.45) is 5.92 Å². The van der Waals surface area contributed by atoms with Gasteiger partial charge in [-0.15, -0.1) is 0 Å². The maximum absolute atomic E-state index is 14.4. The van der Waals surface area contributed by atoms with Crippen molar-refractivity contribution in [2.45, 2.75) is 58.8 Å². The van der Waals surface area contributed by atoms with Gasteiger partial charge in [0.1, 0.15) is 12.6 Å². The Balaban J connectivity index is 1.39. The van der Waals surface area contributed by atoms with Crippen LogP contribution in [0.25, 0.3) is 21.9 Å². The Kier molecular flexibility index (Phi) is 11.4. The van der Waals surface area contributed by atoms with Crippen LogP contribution in [0, 0.1) is 5.92 Å². The molecule has 0 bridgehead atoms. The van der Waals surface area contributed by atoms with Crippen molar-refractivity contribution in [1.82, 2.24) is 10.2 Å². The molecular weight excluding hydrogens is 576 g/mol. The van der Waals surface area contributed by atoms with E-state index in [0.717, 1.165) is 45.0 Å². The van der Waals surface area contributed by atoms with E-state index in [-0.39, 0.29) is 25.0 Å². The maximum Gasteiger partial charge on any atom is 0.407 e. The van der Waals surface area contributed by atoms with E-state index in [1.165, 1.54) is 0 Å². The number of nitrogens with zero attached hydrogens (tertiary/aromatic N) is 1. The van der Waals surface area contributed by atoms with Crippen LogP contribution in [0.15, 0.2) is 91.0 Å². The minimum Gasteiger partial charge on any atom is -0.449 e. The van der Waals surface area contributed by atoms with Gasteiger partial charge in [-0.2, -0.15) is 0 Å². The molecular formula is C39H46N2O5. The number of hydrogen-bond donors (Lipinski definition) is 1. The Bertz CT molecular complexity index is 1560. The fourth-order valence-electron chi connectivity index (χ4n) is 6.30. The lowest BCUT2D eigenvalue weighted by molar-refractivity contribution is -0.160. The highest BCUT2D eigenvalue weighted by Crippen LogP contribution is 2.44. The van der Waals surface area contributed by atoms with E-state index in [4.69, 9.17) is 14.2 Å². The van der Waals surface area contributed by atoms with Gasteiger partial charge in [0, 0.05) is 32.1 Å². The standard InChI is InChI=1S/C39H46N2O5/c1-5-44-37(45-6-2)25-41(23-22-27(3)4)38(42)36(24-29-16-13-15-28-14-7-8-17-30(28)29)40-39(43)46-26-35-33-20-11-9-18-31(33)32-19-10-12-21-34(32)35/h7-21,27,35-37H,5-6,22-26H2,1-4H3,(H,40,43)/t36-/m0/s1. The van der Waals surface area contributed by atoms with E-state index in [1.54, 1.807) is 4.90 Å². The monoisotopic (exact) mass is 622 g/mol. The molecule has 0 aromatic heterocycles. The molecule has 7 nitrogen and oxygen atoms in total. The summed E-state index contributed by atoms with van der Waals surface area (Å²) in [7, 11) is 0. The third-order valence-electron chi connectivity index (χ3n) is 8.60. The summed E-state index contributed by atoms with van der Waals surface area (Å²) in [5, 5.41) is 5.10. The van der Waals surface area contributed by atoms with Crippen molar-refractivity contribution in [2.75, 3.05) is 32.9 Å². The van der Waals surface area contributed by atoms with Crippen molar-refractivity contribution >= 4 is 22.8 Å². The van der Waals surface area contributed by atoms with Crippen LogP contribution < -0.4 is 5.32 Å². The SMILES string of the molecule is CCOC(CN(CCC(C)C)C(=O)[C@H](Cc1cccc2ccccc12)NC(=O)OCC1c2ccccc2-c2ccccc21)OCC. The lowest BCUT2D eigenvalue weighted by Gasteiger charge is -2.31. The normalized spacial score (nSPS) is 13.1.